The van der Waals surface area contributed by atoms with Crippen LogP contribution in [0.3, 0.4) is 0 Å². The molecule has 0 saturated carbocycles. The summed E-state index contributed by atoms with van der Waals surface area (Å²) >= 11 is 4.24. The Labute approximate surface area is 298 Å². The average Bonchev–Trinajstić information content (AvgIpc) is 3.95. The van der Waals surface area contributed by atoms with Gasteiger partial charge in [0.2, 0.25) is 0 Å². The Hall–Kier alpha value is -3.68. The Balaban J connectivity index is 0.000000147. The Morgan fingerprint density at radius 2 is 1.26 bits per heavy atom. The second-order valence-corrected chi connectivity index (χ2v) is 11.1. The van der Waals surface area contributed by atoms with Crippen molar-refractivity contribution in [2.75, 3.05) is 26.3 Å². The number of H-pyrrole nitrogens is 2. The quantitative estimate of drug-likeness (QED) is 0.0850. The first-order valence-electron chi connectivity index (χ1n) is 15.6. The molecule has 2 aromatic heterocycles. The van der Waals surface area contributed by atoms with Gasteiger partial charge in [0.15, 0.2) is 0 Å². The molecule has 4 N–H and O–H groups in total. The summed E-state index contributed by atoms with van der Waals surface area (Å²) in [5.74, 6) is 1.95. The Morgan fingerprint density at radius 1 is 0.723 bits per heavy atom. The molecule has 0 atom stereocenters. The van der Waals surface area contributed by atoms with Gasteiger partial charge in [-0.2, -0.15) is 0 Å². The zero-order valence-electron chi connectivity index (χ0n) is 26.1. The number of aldehydes is 1. The highest BCUT2D eigenvalue weighted by Gasteiger charge is 2.12. The highest BCUT2D eigenvalue weighted by molar-refractivity contribution is 15.0. The van der Waals surface area contributed by atoms with Crippen LogP contribution >= 0.6 is 37.2 Å². The second kappa shape index (κ2) is 18.0. The smallest absolute Gasteiger partial charge is 0.150 e. The van der Waals surface area contributed by atoms with Crippen molar-refractivity contribution in [3.8, 4) is 11.5 Å². The molecule has 4 aromatic carbocycles. The van der Waals surface area contributed by atoms with Crippen molar-refractivity contribution in [1.29, 1.82) is 0 Å². The highest BCUT2D eigenvalue weighted by Crippen LogP contribution is 2.26. The van der Waals surface area contributed by atoms with E-state index < -0.39 is 0 Å². The van der Waals surface area contributed by atoms with Crippen molar-refractivity contribution in [1.82, 2.24) is 9.97 Å². The largest absolute Gasteiger partial charge is 0.493 e. The molecule has 7 nitrogen and oxygen atoms in total. The fourth-order valence-electron chi connectivity index (χ4n) is 5.75. The standard InChI is InChI=1S/C19H18N2O.C10H12N2.C9H8O2.I2/c1-2-4-18-17(3-1)16(13-21-18)7-9-20-12-14-5-6-19-15(11-14)8-10-22-19;11-6-5-8-7-12-10-4-2-1-3-9(8)10;10-6-7-1-2-9-8(5-7)3-4-11-9;1-2/h1-6,11-13,21H,7-10H2;1-4,7,12H,5-6,11H2;1-2,5-6H,3-4H2;. The van der Waals surface area contributed by atoms with Crippen LogP contribution in [0, 0.1) is 0 Å². The van der Waals surface area contributed by atoms with Gasteiger partial charge in [0.05, 0.1) is 13.2 Å². The van der Waals surface area contributed by atoms with Crippen LogP contribution in [0.25, 0.3) is 21.8 Å². The summed E-state index contributed by atoms with van der Waals surface area (Å²) in [7, 11) is 0. The predicted molar refractivity (Wildman–Crippen MR) is 210 cm³/mol. The number of nitrogens with one attached hydrogen (secondary N) is 2. The molecule has 0 saturated heterocycles. The van der Waals surface area contributed by atoms with Gasteiger partial charge in [0.25, 0.3) is 0 Å². The van der Waals surface area contributed by atoms with Crippen LogP contribution in [0.5, 0.6) is 11.5 Å². The highest BCUT2D eigenvalue weighted by atomic mass is 128. The fraction of sp³-hybridized carbons (Fsp3) is 0.211. The number of hydrogen-bond donors (Lipinski definition) is 3. The van der Waals surface area contributed by atoms with E-state index in [2.05, 4.69) is 113 Å². The topological polar surface area (TPSA) is 105 Å². The number of fused-ring (bicyclic) bond motifs is 4. The molecule has 0 amide bonds. The minimum Gasteiger partial charge on any atom is -0.493 e. The van der Waals surface area contributed by atoms with E-state index in [0.717, 1.165) is 79.9 Å². The summed E-state index contributed by atoms with van der Waals surface area (Å²) in [6.07, 6.45) is 10.8. The van der Waals surface area contributed by atoms with Gasteiger partial charge in [0, 0.05) is 103 Å². The van der Waals surface area contributed by atoms with Crippen LogP contribution in [0.1, 0.15) is 38.2 Å². The first-order chi connectivity index (χ1) is 23.2. The lowest BCUT2D eigenvalue weighted by Gasteiger charge is -1.99. The summed E-state index contributed by atoms with van der Waals surface area (Å²) in [5.41, 5.74) is 14.9. The lowest BCUT2D eigenvalue weighted by atomic mass is 10.1. The predicted octanol–water partition coefficient (Wildman–Crippen LogP) is 8.64. The van der Waals surface area contributed by atoms with Crippen LogP contribution in [-0.2, 0) is 25.7 Å². The van der Waals surface area contributed by atoms with Crippen molar-refractivity contribution in [2.24, 2.45) is 10.7 Å². The summed E-state index contributed by atoms with van der Waals surface area (Å²) in [6, 6.07) is 28.5. The summed E-state index contributed by atoms with van der Waals surface area (Å²) in [5, 5.41) is 2.59. The number of nitrogens with two attached hydrogens (primary N) is 1. The number of carbonyl (C=O) groups is 1. The van der Waals surface area contributed by atoms with Crippen LogP contribution in [0.15, 0.2) is 102 Å². The third kappa shape index (κ3) is 9.23. The number of benzene rings is 4. The molecule has 2 aliphatic heterocycles. The molecule has 0 radical (unpaired) electrons. The summed E-state index contributed by atoms with van der Waals surface area (Å²) in [4.78, 5) is 21.5. The van der Waals surface area contributed by atoms with E-state index in [0.29, 0.717) is 6.54 Å². The van der Waals surface area contributed by atoms with Crippen molar-refractivity contribution in [2.45, 2.75) is 25.7 Å². The van der Waals surface area contributed by atoms with Crippen LogP contribution in [-0.4, -0.2) is 48.8 Å². The molecule has 0 unspecified atom stereocenters. The molecule has 9 heteroatoms. The monoisotopic (exact) mass is 852 g/mol. The lowest BCUT2D eigenvalue weighted by molar-refractivity contribution is 0.112. The number of aromatic amines is 2. The molecule has 8 rings (SSSR count). The summed E-state index contributed by atoms with van der Waals surface area (Å²) in [6.45, 7) is 3.06. The Kier molecular flexibility index (Phi) is 13.3. The molecular formula is C38H38I2N4O3. The van der Waals surface area contributed by atoms with Crippen molar-refractivity contribution < 1.29 is 14.3 Å². The molecule has 6 aromatic rings. The normalized spacial score (nSPS) is 12.5. The van der Waals surface area contributed by atoms with Gasteiger partial charge in [-0.1, -0.05) is 36.4 Å². The minimum absolute atomic E-state index is 0.710. The van der Waals surface area contributed by atoms with Gasteiger partial charge in [0.1, 0.15) is 17.8 Å². The van der Waals surface area contributed by atoms with Crippen molar-refractivity contribution in [3.05, 3.63) is 131 Å². The van der Waals surface area contributed by atoms with Crippen LogP contribution < -0.4 is 15.2 Å². The number of hydrogen-bond acceptors (Lipinski definition) is 5. The number of para-hydroxylation sites is 2. The van der Waals surface area contributed by atoms with Gasteiger partial charge in [-0.25, -0.2) is 0 Å². The van der Waals surface area contributed by atoms with E-state index in [9.17, 15) is 4.79 Å². The second-order valence-electron chi connectivity index (χ2n) is 11.1. The lowest BCUT2D eigenvalue weighted by Crippen LogP contribution is -2.01. The van der Waals surface area contributed by atoms with E-state index in [1.54, 1.807) is 6.07 Å². The maximum atomic E-state index is 10.4. The third-order valence-corrected chi connectivity index (χ3v) is 8.08. The fourth-order valence-corrected chi connectivity index (χ4v) is 5.75. The number of halogens is 2. The van der Waals surface area contributed by atoms with Gasteiger partial charge in [-0.15, -0.1) is 0 Å². The third-order valence-electron chi connectivity index (χ3n) is 8.08. The average molecular weight is 853 g/mol. The molecule has 242 valence electrons. The van der Waals surface area contributed by atoms with E-state index in [-0.39, 0.29) is 0 Å². The number of ether oxygens (including phenoxy) is 2. The van der Waals surface area contributed by atoms with Crippen LogP contribution in [0.4, 0.5) is 0 Å². The number of nitrogens with zero attached hydrogens (tertiary/aromatic N) is 1. The number of carbonyl (C=O) groups excluding carboxylic acids is 1. The molecule has 47 heavy (non-hydrogen) atoms. The van der Waals surface area contributed by atoms with E-state index in [1.165, 1.54) is 38.5 Å². The van der Waals surface area contributed by atoms with Crippen molar-refractivity contribution in [3.63, 3.8) is 0 Å². The van der Waals surface area contributed by atoms with Gasteiger partial charge in [-0.05, 0) is 95.7 Å². The number of aromatic nitrogens is 2. The molecule has 0 bridgehead atoms. The molecule has 2 aliphatic rings. The molecule has 0 aliphatic carbocycles. The zero-order valence-corrected chi connectivity index (χ0v) is 30.4. The number of aliphatic imine (C=N–C) groups is 1. The maximum absolute atomic E-state index is 10.4. The van der Waals surface area contributed by atoms with E-state index in [1.807, 2.05) is 36.7 Å². The Morgan fingerprint density at radius 3 is 1.83 bits per heavy atom. The zero-order chi connectivity index (χ0) is 32.8. The van der Waals surface area contributed by atoms with Gasteiger partial charge < -0.3 is 25.2 Å². The first-order valence-corrected chi connectivity index (χ1v) is 21.9. The maximum Gasteiger partial charge on any atom is 0.150 e. The molecule has 0 fully saturated rings. The van der Waals surface area contributed by atoms with E-state index >= 15 is 0 Å². The summed E-state index contributed by atoms with van der Waals surface area (Å²) < 4.78 is 10.8. The van der Waals surface area contributed by atoms with Crippen molar-refractivity contribution >= 4 is 71.5 Å². The minimum atomic E-state index is 0.710. The van der Waals surface area contributed by atoms with E-state index in [4.69, 9.17) is 15.2 Å². The molecule has 0 spiro atoms. The first kappa shape index (κ1) is 34.6. The molecular weight excluding hydrogens is 814 g/mol. The molecule has 4 heterocycles. The van der Waals surface area contributed by atoms with Gasteiger partial charge >= 0.3 is 0 Å². The SMILES string of the molecule is C(=NCCc1c[nH]c2ccccc12)c1ccc2c(c1)CCO2.II.NCCc1c[nH]c2ccccc12.O=Cc1ccc2c(c1)CCO2. The number of rotatable bonds is 7. The Bertz CT molecular complexity index is 1930. The van der Waals surface area contributed by atoms with Crippen LogP contribution in [0.2, 0.25) is 0 Å². The van der Waals surface area contributed by atoms with Gasteiger partial charge in [-0.3, -0.25) is 9.79 Å².